The molecule has 0 spiro atoms. The summed E-state index contributed by atoms with van der Waals surface area (Å²) in [5, 5.41) is 6.90. The van der Waals surface area contributed by atoms with Gasteiger partial charge in [-0.25, -0.2) is 15.0 Å². The fraction of sp³-hybridized carbons (Fsp3) is 0.444. The van der Waals surface area contributed by atoms with E-state index in [9.17, 15) is 0 Å². The van der Waals surface area contributed by atoms with Gasteiger partial charge in [-0.05, 0) is 25.8 Å². The zero-order valence-electron chi connectivity index (χ0n) is 14.6. The molecule has 5 heterocycles. The Labute approximate surface area is 151 Å². The van der Waals surface area contributed by atoms with Crippen LogP contribution in [0, 0.1) is 0 Å². The van der Waals surface area contributed by atoms with Gasteiger partial charge in [0, 0.05) is 31.7 Å². The minimum absolute atomic E-state index is 0.398. The molecule has 2 aliphatic heterocycles. The van der Waals surface area contributed by atoms with Crippen molar-refractivity contribution >= 4 is 22.7 Å². The predicted octanol–water partition coefficient (Wildman–Crippen LogP) is 1.58. The maximum atomic E-state index is 4.76. The number of fused-ring (bicyclic) bond motifs is 1. The Morgan fingerprint density at radius 1 is 1.08 bits per heavy atom. The quantitative estimate of drug-likeness (QED) is 0.739. The predicted molar refractivity (Wildman–Crippen MR) is 101 cm³/mol. The van der Waals surface area contributed by atoms with Gasteiger partial charge in [0.1, 0.15) is 23.5 Å². The van der Waals surface area contributed by atoms with E-state index in [-0.39, 0.29) is 0 Å². The van der Waals surface area contributed by atoms with Crippen molar-refractivity contribution in [3.05, 3.63) is 31.0 Å². The molecule has 2 aliphatic rings. The smallest absolute Gasteiger partial charge is 0.159 e. The van der Waals surface area contributed by atoms with Gasteiger partial charge in [0.25, 0.3) is 0 Å². The number of aromatic nitrogens is 5. The van der Waals surface area contributed by atoms with Crippen molar-refractivity contribution in [2.24, 2.45) is 0 Å². The number of nitrogens with one attached hydrogen (secondary N) is 2. The van der Waals surface area contributed by atoms with Gasteiger partial charge >= 0.3 is 0 Å². The van der Waals surface area contributed by atoms with Gasteiger partial charge < -0.3 is 15.5 Å². The SMILES string of the molecule is c1ncc(-n2cnc3cnc(N4CCC4)cc32)nc1N[C@@H]1CCCNC1. The highest BCUT2D eigenvalue weighted by Gasteiger charge is 2.18. The highest BCUT2D eigenvalue weighted by atomic mass is 15.2. The lowest BCUT2D eigenvalue weighted by Gasteiger charge is -2.31. The fourth-order valence-corrected chi connectivity index (χ4v) is 3.53. The average Bonchev–Trinajstić information content (AvgIpc) is 3.05. The van der Waals surface area contributed by atoms with Gasteiger partial charge in [0.15, 0.2) is 5.82 Å². The topological polar surface area (TPSA) is 83.8 Å². The van der Waals surface area contributed by atoms with Crippen molar-refractivity contribution in [2.75, 3.05) is 36.4 Å². The molecule has 2 saturated heterocycles. The number of nitrogens with zero attached hydrogens (tertiary/aromatic N) is 6. The number of imidazole rings is 1. The minimum atomic E-state index is 0.398. The standard InChI is InChI=1S/C18H22N8/c1-3-13(8-19-4-1)23-16-10-20-11-18(24-16)26-12-22-14-9-21-17(7-15(14)26)25-5-2-6-25/h7,9-13,19H,1-6,8H2,(H,23,24)/t13-/m1/s1. The number of hydrogen-bond acceptors (Lipinski definition) is 7. The number of anilines is 2. The van der Waals surface area contributed by atoms with E-state index in [0.717, 1.165) is 61.1 Å². The summed E-state index contributed by atoms with van der Waals surface area (Å²) in [5.74, 6) is 2.57. The summed E-state index contributed by atoms with van der Waals surface area (Å²) in [6.07, 6.45) is 10.7. The van der Waals surface area contributed by atoms with E-state index in [0.29, 0.717) is 6.04 Å². The number of pyridine rings is 1. The molecule has 8 nitrogen and oxygen atoms in total. The Bertz CT molecular complexity index is 910. The second-order valence-electron chi connectivity index (χ2n) is 6.94. The molecular weight excluding hydrogens is 328 g/mol. The summed E-state index contributed by atoms with van der Waals surface area (Å²) < 4.78 is 1.98. The van der Waals surface area contributed by atoms with Gasteiger partial charge in [-0.1, -0.05) is 0 Å². The Morgan fingerprint density at radius 3 is 2.85 bits per heavy atom. The van der Waals surface area contributed by atoms with Crippen LogP contribution in [0.2, 0.25) is 0 Å². The molecule has 2 fully saturated rings. The first-order chi connectivity index (χ1) is 12.9. The van der Waals surface area contributed by atoms with Crippen LogP contribution in [0.25, 0.3) is 16.9 Å². The Kier molecular flexibility index (Phi) is 3.89. The Balaban J connectivity index is 1.46. The largest absolute Gasteiger partial charge is 0.365 e. The summed E-state index contributed by atoms with van der Waals surface area (Å²) in [5.41, 5.74) is 1.87. The zero-order chi connectivity index (χ0) is 17.3. The van der Waals surface area contributed by atoms with Crippen molar-refractivity contribution in [3.63, 3.8) is 0 Å². The van der Waals surface area contributed by atoms with E-state index >= 15 is 0 Å². The summed E-state index contributed by atoms with van der Waals surface area (Å²) >= 11 is 0. The molecule has 0 amide bonds. The van der Waals surface area contributed by atoms with Crippen molar-refractivity contribution in [2.45, 2.75) is 25.3 Å². The van der Waals surface area contributed by atoms with Crippen molar-refractivity contribution in [3.8, 4) is 5.82 Å². The third-order valence-corrected chi connectivity index (χ3v) is 5.12. The van der Waals surface area contributed by atoms with E-state index in [4.69, 9.17) is 4.98 Å². The van der Waals surface area contributed by atoms with Crippen molar-refractivity contribution < 1.29 is 0 Å². The maximum absolute atomic E-state index is 4.76. The lowest BCUT2D eigenvalue weighted by molar-refractivity contribution is 0.479. The lowest BCUT2D eigenvalue weighted by atomic mass is 10.1. The zero-order valence-corrected chi connectivity index (χ0v) is 14.6. The first-order valence-electron chi connectivity index (χ1n) is 9.24. The first-order valence-corrected chi connectivity index (χ1v) is 9.24. The Hall–Kier alpha value is -2.74. The van der Waals surface area contributed by atoms with Gasteiger partial charge in [0.05, 0.1) is 24.1 Å². The van der Waals surface area contributed by atoms with Crippen LogP contribution >= 0.6 is 0 Å². The van der Waals surface area contributed by atoms with Crippen LogP contribution in [0.5, 0.6) is 0 Å². The molecule has 0 aliphatic carbocycles. The molecule has 0 unspecified atom stereocenters. The van der Waals surface area contributed by atoms with Crippen LogP contribution < -0.4 is 15.5 Å². The lowest BCUT2D eigenvalue weighted by Crippen LogP contribution is -2.38. The van der Waals surface area contributed by atoms with E-state index in [2.05, 4.69) is 36.6 Å². The summed E-state index contributed by atoms with van der Waals surface area (Å²) in [7, 11) is 0. The summed E-state index contributed by atoms with van der Waals surface area (Å²) in [4.78, 5) is 20.4. The van der Waals surface area contributed by atoms with Crippen molar-refractivity contribution in [1.29, 1.82) is 0 Å². The van der Waals surface area contributed by atoms with E-state index < -0.39 is 0 Å². The molecule has 3 aromatic heterocycles. The van der Waals surface area contributed by atoms with E-state index in [1.54, 1.807) is 18.7 Å². The highest BCUT2D eigenvalue weighted by molar-refractivity contribution is 5.79. The molecule has 5 rings (SSSR count). The molecule has 26 heavy (non-hydrogen) atoms. The normalized spacial score (nSPS) is 20.2. The number of rotatable bonds is 4. The van der Waals surface area contributed by atoms with E-state index in [1.807, 2.05) is 10.8 Å². The highest BCUT2D eigenvalue weighted by Crippen LogP contribution is 2.24. The monoisotopic (exact) mass is 350 g/mol. The molecule has 0 bridgehead atoms. The van der Waals surface area contributed by atoms with Gasteiger partial charge in [-0.15, -0.1) is 0 Å². The van der Waals surface area contributed by atoms with Gasteiger partial charge in [0.2, 0.25) is 0 Å². The van der Waals surface area contributed by atoms with Gasteiger partial charge in [-0.2, -0.15) is 0 Å². The average molecular weight is 350 g/mol. The molecule has 1 atom stereocenters. The molecule has 0 radical (unpaired) electrons. The van der Waals surface area contributed by atoms with Crippen LogP contribution in [0.3, 0.4) is 0 Å². The molecule has 134 valence electrons. The van der Waals surface area contributed by atoms with Crippen LogP contribution in [-0.2, 0) is 0 Å². The third kappa shape index (κ3) is 2.86. The van der Waals surface area contributed by atoms with Crippen LogP contribution in [0.15, 0.2) is 31.0 Å². The third-order valence-electron chi connectivity index (χ3n) is 5.12. The number of hydrogen-bond donors (Lipinski definition) is 2. The fourth-order valence-electron chi connectivity index (χ4n) is 3.53. The molecule has 2 N–H and O–H groups in total. The van der Waals surface area contributed by atoms with Gasteiger partial charge in [-0.3, -0.25) is 9.55 Å². The van der Waals surface area contributed by atoms with Crippen LogP contribution in [0.4, 0.5) is 11.6 Å². The van der Waals surface area contributed by atoms with Crippen LogP contribution in [-0.4, -0.2) is 56.7 Å². The van der Waals surface area contributed by atoms with Crippen molar-refractivity contribution in [1.82, 2.24) is 29.8 Å². The number of piperidine rings is 1. The van der Waals surface area contributed by atoms with Crippen LogP contribution in [0.1, 0.15) is 19.3 Å². The first kappa shape index (κ1) is 15.5. The molecule has 8 heteroatoms. The minimum Gasteiger partial charge on any atom is -0.365 e. The Morgan fingerprint density at radius 2 is 2.04 bits per heavy atom. The summed E-state index contributed by atoms with van der Waals surface area (Å²) in [6, 6.07) is 2.49. The molecule has 3 aromatic rings. The summed E-state index contributed by atoms with van der Waals surface area (Å²) in [6.45, 7) is 4.20. The second kappa shape index (κ2) is 6.53. The molecule has 0 saturated carbocycles. The second-order valence-corrected chi connectivity index (χ2v) is 6.94. The molecular formula is C18H22N8. The maximum Gasteiger partial charge on any atom is 0.159 e. The molecule has 0 aromatic carbocycles. The van der Waals surface area contributed by atoms with E-state index in [1.165, 1.54) is 12.8 Å².